The first-order chi connectivity index (χ1) is 9.04. The fourth-order valence-corrected chi connectivity index (χ4v) is 2.23. The van der Waals surface area contributed by atoms with Crippen LogP contribution in [0.2, 0.25) is 0 Å². The van der Waals surface area contributed by atoms with Crippen LogP contribution in [-0.2, 0) is 13.1 Å². The molecule has 0 saturated heterocycles. The average Bonchev–Trinajstić information content (AvgIpc) is 2.86. The molecule has 0 bridgehead atoms. The minimum Gasteiger partial charge on any atom is -0.462 e. The van der Waals surface area contributed by atoms with Crippen molar-refractivity contribution in [3.8, 4) is 0 Å². The van der Waals surface area contributed by atoms with Crippen LogP contribution >= 0.6 is 15.9 Å². The molecule has 1 N–H and O–H groups in total. The number of hydrogen-bond donors (Lipinski definition) is 1. The topological polar surface area (TPSA) is 43.0 Å². The number of aromatic nitrogens is 2. The van der Waals surface area contributed by atoms with Crippen molar-refractivity contribution >= 4 is 15.9 Å². The van der Waals surface area contributed by atoms with Crippen molar-refractivity contribution in [2.45, 2.75) is 33.9 Å². The predicted molar refractivity (Wildman–Crippen MR) is 79.0 cm³/mol. The molecular formula is C14H20BrN3O. The molecule has 0 atom stereocenters. The Bertz CT molecular complexity index is 531. The molecule has 19 heavy (non-hydrogen) atoms. The van der Waals surface area contributed by atoms with Crippen molar-refractivity contribution < 1.29 is 4.42 Å². The number of nitrogens with zero attached hydrogens (tertiary/aromatic N) is 2. The lowest BCUT2D eigenvalue weighted by Gasteiger charge is -2.05. The molecule has 2 heterocycles. The Labute approximate surface area is 122 Å². The van der Waals surface area contributed by atoms with Gasteiger partial charge in [0.25, 0.3) is 0 Å². The number of rotatable bonds is 6. The molecule has 0 fully saturated rings. The molecule has 0 amide bonds. The van der Waals surface area contributed by atoms with Gasteiger partial charge in [-0.15, -0.1) is 0 Å². The monoisotopic (exact) mass is 325 g/mol. The maximum absolute atomic E-state index is 5.87. The second kappa shape index (κ2) is 6.39. The van der Waals surface area contributed by atoms with E-state index in [2.05, 4.69) is 53.2 Å². The zero-order valence-electron chi connectivity index (χ0n) is 11.6. The van der Waals surface area contributed by atoms with Gasteiger partial charge < -0.3 is 9.73 Å². The average molecular weight is 326 g/mol. The second-order valence-electron chi connectivity index (χ2n) is 5.20. The lowest BCUT2D eigenvalue weighted by atomic mass is 10.2. The van der Waals surface area contributed by atoms with E-state index in [1.165, 1.54) is 5.56 Å². The molecule has 0 aliphatic carbocycles. The number of furan rings is 1. The van der Waals surface area contributed by atoms with Crippen LogP contribution in [0.1, 0.15) is 30.9 Å². The molecule has 0 aliphatic heterocycles. The van der Waals surface area contributed by atoms with Gasteiger partial charge in [0.1, 0.15) is 11.5 Å². The molecule has 2 rings (SSSR count). The summed E-state index contributed by atoms with van der Waals surface area (Å²) >= 11 is 3.39. The van der Waals surface area contributed by atoms with Crippen LogP contribution in [0.4, 0.5) is 0 Å². The van der Waals surface area contributed by atoms with E-state index in [0.29, 0.717) is 12.5 Å². The highest BCUT2D eigenvalue weighted by molar-refractivity contribution is 9.10. The quantitative estimate of drug-likeness (QED) is 0.885. The molecule has 0 saturated carbocycles. The molecule has 0 unspecified atom stereocenters. The van der Waals surface area contributed by atoms with E-state index in [9.17, 15) is 0 Å². The molecule has 0 aromatic carbocycles. The highest BCUT2D eigenvalue weighted by atomic mass is 79.9. The third-order valence-corrected chi connectivity index (χ3v) is 3.24. The summed E-state index contributed by atoms with van der Waals surface area (Å²) in [7, 11) is 0. The maximum Gasteiger partial charge on any atom is 0.126 e. The first-order valence-electron chi connectivity index (χ1n) is 6.51. The van der Waals surface area contributed by atoms with E-state index in [4.69, 9.17) is 4.42 Å². The maximum atomic E-state index is 5.87. The largest absolute Gasteiger partial charge is 0.462 e. The van der Waals surface area contributed by atoms with E-state index in [1.807, 2.05) is 10.9 Å². The van der Waals surface area contributed by atoms with Gasteiger partial charge >= 0.3 is 0 Å². The summed E-state index contributed by atoms with van der Waals surface area (Å²) < 4.78 is 8.71. The Hall–Kier alpha value is -1.07. The molecule has 104 valence electrons. The van der Waals surface area contributed by atoms with E-state index in [-0.39, 0.29) is 0 Å². The molecule has 0 radical (unpaired) electrons. The zero-order valence-corrected chi connectivity index (χ0v) is 13.2. The lowest BCUT2D eigenvalue weighted by Crippen LogP contribution is -2.19. The van der Waals surface area contributed by atoms with Crippen LogP contribution in [0.5, 0.6) is 0 Å². The van der Waals surface area contributed by atoms with E-state index in [1.54, 1.807) is 6.20 Å². The first-order valence-corrected chi connectivity index (χ1v) is 7.30. The van der Waals surface area contributed by atoms with Crippen molar-refractivity contribution in [2.24, 2.45) is 5.92 Å². The van der Waals surface area contributed by atoms with Crippen LogP contribution in [-0.4, -0.2) is 16.3 Å². The van der Waals surface area contributed by atoms with Crippen LogP contribution in [0.3, 0.4) is 0 Å². The number of aryl methyl sites for hydroxylation is 1. The Morgan fingerprint density at radius 2 is 2.26 bits per heavy atom. The van der Waals surface area contributed by atoms with Gasteiger partial charge in [0.05, 0.1) is 23.8 Å². The number of halogens is 1. The van der Waals surface area contributed by atoms with Crippen LogP contribution in [0, 0.1) is 12.8 Å². The predicted octanol–water partition coefficient (Wildman–Crippen LogP) is 3.34. The molecule has 0 aliphatic rings. The van der Waals surface area contributed by atoms with Gasteiger partial charge in [0, 0.05) is 6.20 Å². The van der Waals surface area contributed by atoms with Gasteiger partial charge in [0.2, 0.25) is 0 Å². The summed E-state index contributed by atoms with van der Waals surface area (Å²) in [6.45, 7) is 8.93. The fraction of sp³-hybridized carbons (Fsp3) is 0.500. The number of hydrogen-bond acceptors (Lipinski definition) is 3. The first kappa shape index (κ1) is 14.3. The van der Waals surface area contributed by atoms with Crippen molar-refractivity contribution in [3.63, 3.8) is 0 Å². The second-order valence-corrected chi connectivity index (χ2v) is 6.12. The van der Waals surface area contributed by atoms with Gasteiger partial charge in [-0.1, -0.05) is 13.8 Å². The van der Waals surface area contributed by atoms with E-state index in [0.717, 1.165) is 29.1 Å². The SMILES string of the molecule is Cc1cc(Cn2cc(Br)cn2)oc1CNCC(C)C. The Kier molecular flexibility index (Phi) is 4.82. The Morgan fingerprint density at radius 3 is 2.89 bits per heavy atom. The van der Waals surface area contributed by atoms with Gasteiger partial charge in [-0.3, -0.25) is 4.68 Å². The van der Waals surface area contributed by atoms with Gasteiger partial charge in [-0.2, -0.15) is 5.10 Å². The summed E-state index contributed by atoms with van der Waals surface area (Å²) in [4.78, 5) is 0. The van der Waals surface area contributed by atoms with Crippen LogP contribution in [0.25, 0.3) is 0 Å². The highest BCUT2D eigenvalue weighted by Gasteiger charge is 2.08. The third-order valence-electron chi connectivity index (χ3n) is 2.83. The van der Waals surface area contributed by atoms with E-state index < -0.39 is 0 Å². The summed E-state index contributed by atoms with van der Waals surface area (Å²) in [5.74, 6) is 2.60. The molecular weight excluding hydrogens is 306 g/mol. The summed E-state index contributed by atoms with van der Waals surface area (Å²) in [5.41, 5.74) is 1.19. The molecule has 5 heteroatoms. The Morgan fingerprint density at radius 1 is 1.47 bits per heavy atom. The fourth-order valence-electron chi connectivity index (χ4n) is 1.90. The lowest BCUT2D eigenvalue weighted by molar-refractivity contribution is 0.421. The van der Waals surface area contributed by atoms with Crippen molar-refractivity contribution in [2.75, 3.05) is 6.54 Å². The molecule has 0 spiro atoms. The smallest absolute Gasteiger partial charge is 0.126 e. The van der Waals surface area contributed by atoms with Crippen molar-refractivity contribution in [1.29, 1.82) is 0 Å². The number of nitrogens with one attached hydrogen (secondary N) is 1. The van der Waals surface area contributed by atoms with Crippen molar-refractivity contribution in [3.05, 3.63) is 40.0 Å². The Balaban J connectivity index is 1.96. The minimum absolute atomic E-state index is 0.649. The summed E-state index contributed by atoms with van der Waals surface area (Å²) in [5, 5.41) is 7.63. The molecule has 4 nitrogen and oxygen atoms in total. The van der Waals surface area contributed by atoms with Crippen LogP contribution in [0.15, 0.2) is 27.3 Å². The van der Waals surface area contributed by atoms with Crippen LogP contribution < -0.4 is 5.32 Å². The van der Waals surface area contributed by atoms with Gasteiger partial charge in [-0.05, 0) is 46.9 Å². The third kappa shape index (κ3) is 4.21. The highest BCUT2D eigenvalue weighted by Crippen LogP contribution is 2.16. The summed E-state index contributed by atoms with van der Waals surface area (Å²) in [6, 6.07) is 2.09. The normalized spacial score (nSPS) is 11.4. The minimum atomic E-state index is 0.649. The van der Waals surface area contributed by atoms with Gasteiger partial charge in [-0.25, -0.2) is 0 Å². The van der Waals surface area contributed by atoms with E-state index >= 15 is 0 Å². The standard InChI is InChI=1S/C14H20BrN3O/c1-10(2)5-16-7-14-11(3)4-13(19-14)9-18-8-12(15)6-17-18/h4,6,8,10,16H,5,7,9H2,1-3H3. The van der Waals surface area contributed by atoms with Crippen molar-refractivity contribution in [1.82, 2.24) is 15.1 Å². The zero-order chi connectivity index (χ0) is 13.8. The molecule has 2 aromatic heterocycles. The molecule has 2 aromatic rings. The summed E-state index contributed by atoms with van der Waals surface area (Å²) in [6.07, 6.45) is 3.72. The van der Waals surface area contributed by atoms with Gasteiger partial charge in [0.15, 0.2) is 0 Å².